The van der Waals surface area contributed by atoms with Crippen LogP contribution in [0.2, 0.25) is 0 Å². The Morgan fingerprint density at radius 1 is 1.21 bits per heavy atom. The number of benzene rings is 1. The summed E-state index contributed by atoms with van der Waals surface area (Å²) in [5.74, 6) is 1.57. The molecule has 0 atom stereocenters. The van der Waals surface area contributed by atoms with Crippen molar-refractivity contribution in [1.29, 1.82) is 0 Å². The number of aromatic nitrogens is 2. The molecule has 1 aromatic carbocycles. The smallest absolute Gasteiger partial charge is 0.211 e. The predicted octanol–water partition coefficient (Wildman–Crippen LogP) is 2.37. The van der Waals surface area contributed by atoms with Crippen molar-refractivity contribution in [2.45, 2.75) is 39.7 Å². The summed E-state index contributed by atoms with van der Waals surface area (Å²) < 4.78 is 26.4. The molecule has 2 heterocycles. The molecule has 2 aromatic rings. The third kappa shape index (κ3) is 3.67. The first-order chi connectivity index (χ1) is 11.5. The van der Waals surface area contributed by atoms with Crippen LogP contribution in [-0.2, 0) is 16.6 Å². The number of anilines is 1. The maximum atomic E-state index is 11.9. The van der Waals surface area contributed by atoms with E-state index in [0.29, 0.717) is 12.2 Å². The van der Waals surface area contributed by atoms with Gasteiger partial charge in [0, 0.05) is 18.5 Å². The quantitative estimate of drug-likeness (QED) is 0.867. The minimum atomic E-state index is -3.27. The highest BCUT2D eigenvalue weighted by molar-refractivity contribution is 7.89. The van der Waals surface area contributed by atoms with Crippen LogP contribution in [0.4, 0.5) is 5.82 Å². The molecule has 3 rings (SSSR count). The summed E-state index contributed by atoms with van der Waals surface area (Å²) in [4.78, 5) is 11.6. The van der Waals surface area contributed by atoms with Gasteiger partial charge in [0.2, 0.25) is 10.0 Å². The lowest BCUT2D eigenvalue weighted by Crippen LogP contribution is -2.27. The monoisotopic (exact) mass is 348 g/mol. The van der Waals surface area contributed by atoms with Crippen LogP contribution in [0, 0.1) is 6.92 Å². The Bertz CT molecular complexity index is 830. The fraction of sp³-hybridized carbons (Fsp3) is 0.529. The number of nitrogens with one attached hydrogen (secondary N) is 1. The summed E-state index contributed by atoms with van der Waals surface area (Å²) in [5, 5.41) is 1.04. The Labute approximate surface area is 143 Å². The highest BCUT2D eigenvalue weighted by Crippen LogP contribution is 2.28. The zero-order valence-electron chi connectivity index (χ0n) is 14.2. The number of para-hydroxylation sites is 1. The first-order valence-electron chi connectivity index (χ1n) is 8.48. The molecule has 0 unspecified atom stereocenters. The molecule has 130 valence electrons. The van der Waals surface area contributed by atoms with Crippen molar-refractivity contribution in [3.05, 3.63) is 29.6 Å². The Kier molecular flexibility index (Phi) is 5.01. The number of hydrogen-bond acceptors (Lipinski definition) is 5. The lowest BCUT2D eigenvalue weighted by atomic mass is 10.1. The lowest BCUT2D eigenvalue weighted by Gasteiger charge is -2.20. The maximum absolute atomic E-state index is 11.9. The molecule has 0 aliphatic carbocycles. The second kappa shape index (κ2) is 7.03. The number of nitrogens with zero attached hydrogens (tertiary/aromatic N) is 3. The molecule has 1 N–H and O–H groups in total. The van der Waals surface area contributed by atoms with Crippen molar-refractivity contribution in [3.8, 4) is 0 Å². The van der Waals surface area contributed by atoms with Gasteiger partial charge in [-0.05, 0) is 37.8 Å². The lowest BCUT2D eigenvalue weighted by molar-refractivity contribution is 0.578. The van der Waals surface area contributed by atoms with E-state index in [4.69, 9.17) is 0 Å². The molecule has 0 amide bonds. The van der Waals surface area contributed by atoms with Gasteiger partial charge < -0.3 is 4.90 Å². The van der Waals surface area contributed by atoms with E-state index in [2.05, 4.69) is 19.6 Å². The summed E-state index contributed by atoms with van der Waals surface area (Å²) in [6.07, 6.45) is 2.91. The zero-order valence-corrected chi connectivity index (χ0v) is 15.1. The summed E-state index contributed by atoms with van der Waals surface area (Å²) in [6, 6.07) is 6.08. The number of rotatable bonds is 6. The van der Waals surface area contributed by atoms with Crippen molar-refractivity contribution in [1.82, 2.24) is 14.7 Å². The van der Waals surface area contributed by atoms with E-state index in [1.54, 1.807) is 0 Å². The van der Waals surface area contributed by atoms with Gasteiger partial charge in [-0.15, -0.1) is 0 Å². The van der Waals surface area contributed by atoms with Gasteiger partial charge in [0.15, 0.2) is 0 Å². The van der Waals surface area contributed by atoms with Crippen molar-refractivity contribution < 1.29 is 8.42 Å². The largest absolute Gasteiger partial charge is 0.356 e. The van der Waals surface area contributed by atoms with Gasteiger partial charge in [0.1, 0.15) is 11.6 Å². The molecular weight excluding hydrogens is 324 g/mol. The van der Waals surface area contributed by atoms with Crippen LogP contribution < -0.4 is 9.62 Å². The number of hydrogen-bond donors (Lipinski definition) is 1. The van der Waals surface area contributed by atoms with E-state index in [-0.39, 0.29) is 12.3 Å². The molecule has 0 spiro atoms. The van der Waals surface area contributed by atoms with Gasteiger partial charge >= 0.3 is 0 Å². The Morgan fingerprint density at radius 2 is 1.96 bits per heavy atom. The van der Waals surface area contributed by atoms with Crippen LogP contribution in [0.5, 0.6) is 0 Å². The molecule has 6 nitrogen and oxygen atoms in total. The summed E-state index contributed by atoms with van der Waals surface area (Å²) in [5.41, 5.74) is 1.98. The van der Waals surface area contributed by atoms with E-state index in [1.165, 1.54) is 0 Å². The van der Waals surface area contributed by atoms with Gasteiger partial charge in [-0.3, -0.25) is 0 Å². The third-order valence-electron chi connectivity index (χ3n) is 4.28. The van der Waals surface area contributed by atoms with Crippen LogP contribution in [0.3, 0.4) is 0 Å². The molecule has 1 aliphatic rings. The Morgan fingerprint density at radius 3 is 2.67 bits per heavy atom. The Balaban J connectivity index is 1.98. The number of fused-ring (bicyclic) bond motifs is 1. The van der Waals surface area contributed by atoms with Gasteiger partial charge in [-0.25, -0.2) is 23.1 Å². The normalized spacial score (nSPS) is 15.3. The second-order valence-corrected chi connectivity index (χ2v) is 8.20. The summed E-state index contributed by atoms with van der Waals surface area (Å²) in [7, 11) is -3.27. The molecule has 1 saturated heterocycles. The van der Waals surface area contributed by atoms with Crippen LogP contribution in [-0.4, -0.2) is 37.2 Å². The number of aryl methyl sites for hydroxylation is 1. The van der Waals surface area contributed by atoms with Crippen LogP contribution in [0.25, 0.3) is 10.9 Å². The van der Waals surface area contributed by atoms with Crippen molar-refractivity contribution in [3.63, 3.8) is 0 Å². The topological polar surface area (TPSA) is 75.2 Å². The van der Waals surface area contributed by atoms with E-state index < -0.39 is 10.0 Å². The SMILES string of the molecule is CCCS(=O)(=O)NCc1nc(N2CCCC2)c2cccc(C)c2n1. The fourth-order valence-electron chi connectivity index (χ4n) is 3.09. The van der Waals surface area contributed by atoms with E-state index >= 15 is 0 Å². The molecule has 24 heavy (non-hydrogen) atoms. The molecule has 1 aromatic heterocycles. The standard InChI is InChI=1S/C17H24N4O2S/c1-3-11-24(22,23)18-12-15-19-16-13(2)7-6-8-14(16)17(20-15)21-9-4-5-10-21/h6-8,18H,3-5,9-12H2,1-2H3. The van der Waals surface area contributed by atoms with Crippen LogP contribution in [0.15, 0.2) is 18.2 Å². The first-order valence-corrected chi connectivity index (χ1v) is 10.1. The first kappa shape index (κ1) is 17.1. The van der Waals surface area contributed by atoms with Gasteiger partial charge in [0.05, 0.1) is 17.8 Å². The molecule has 0 saturated carbocycles. The highest BCUT2D eigenvalue weighted by atomic mass is 32.2. The zero-order chi connectivity index (χ0) is 17.2. The van der Waals surface area contributed by atoms with Crippen LogP contribution in [0.1, 0.15) is 37.6 Å². The minimum absolute atomic E-state index is 0.124. The maximum Gasteiger partial charge on any atom is 0.211 e. The predicted molar refractivity (Wildman–Crippen MR) is 96.6 cm³/mol. The number of sulfonamides is 1. The molecule has 1 aliphatic heterocycles. The van der Waals surface area contributed by atoms with Crippen molar-refractivity contribution in [2.75, 3.05) is 23.7 Å². The summed E-state index contributed by atoms with van der Waals surface area (Å²) >= 11 is 0. The van der Waals surface area contributed by atoms with Crippen LogP contribution >= 0.6 is 0 Å². The fourth-order valence-corrected chi connectivity index (χ4v) is 4.12. The molecule has 0 radical (unpaired) electrons. The average Bonchev–Trinajstić information content (AvgIpc) is 3.07. The minimum Gasteiger partial charge on any atom is -0.356 e. The van der Waals surface area contributed by atoms with E-state index in [9.17, 15) is 8.42 Å². The molecular formula is C17H24N4O2S. The third-order valence-corrected chi connectivity index (χ3v) is 5.81. The van der Waals surface area contributed by atoms with Gasteiger partial charge in [-0.1, -0.05) is 19.1 Å². The molecule has 1 fully saturated rings. The second-order valence-electron chi connectivity index (χ2n) is 6.27. The Hall–Kier alpha value is -1.73. The van der Waals surface area contributed by atoms with E-state index in [1.807, 2.05) is 32.0 Å². The molecule has 0 bridgehead atoms. The van der Waals surface area contributed by atoms with Gasteiger partial charge in [0.25, 0.3) is 0 Å². The van der Waals surface area contributed by atoms with Crippen molar-refractivity contribution >= 4 is 26.7 Å². The molecule has 7 heteroatoms. The average molecular weight is 348 g/mol. The van der Waals surface area contributed by atoms with Gasteiger partial charge in [-0.2, -0.15) is 0 Å². The highest BCUT2D eigenvalue weighted by Gasteiger charge is 2.19. The van der Waals surface area contributed by atoms with Crippen molar-refractivity contribution in [2.24, 2.45) is 0 Å². The van der Waals surface area contributed by atoms with E-state index in [0.717, 1.165) is 48.2 Å². The summed E-state index contributed by atoms with van der Waals surface area (Å²) in [6.45, 7) is 5.98.